The topological polar surface area (TPSA) is 74.7 Å². The second-order valence-corrected chi connectivity index (χ2v) is 4.59. The molecule has 86 valence electrons. The molecule has 0 atom stereocenters. The van der Waals surface area contributed by atoms with Gasteiger partial charge in [-0.3, -0.25) is 0 Å². The number of nitriles is 1. The van der Waals surface area contributed by atoms with Crippen molar-refractivity contribution < 1.29 is 0 Å². The van der Waals surface area contributed by atoms with E-state index in [1.165, 1.54) is 0 Å². The fourth-order valence-corrected chi connectivity index (χ4v) is 2.14. The molecule has 17 heavy (non-hydrogen) atoms. The highest BCUT2D eigenvalue weighted by Crippen LogP contribution is 2.18. The molecule has 0 saturated carbocycles. The fourth-order valence-electron chi connectivity index (χ4n) is 1.42. The first-order chi connectivity index (χ1) is 8.19. The van der Waals surface area contributed by atoms with Crippen molar-refractivity contribution >= 4 is 22.7 Å². The summed E-state index contributed by atoms with van der Waals surface area (Å²) in [5.74, 6) is 0. The summed E-state index contributed by atoms with van der Waals surface area (Å²) >= 11 is 1.62. The van der Waals surface area contributed by atoms with Gasteiger partial charge in [0.2, 0.25) is 0 Å². The van der Waals surface area contributed by atoms with Crippen LogP contribution in [-0.4, -0.2) is 4.98 Å². The predicted molar refractivity (Wildman–Crippen MR) is 69.7 cm³/mol. The zero-order valence-corrected chi connectivity index (χ0v) is 10.2. The Balaban J connectivity index is 2.07. The van der Waals surface area contributed by atoms with Crippen molar-refractivity contribution in [1.82, 2.24) is 4.98 Å². The molecule has 1 aromatic heterocycles. The molecule has 0 spiro atoms. The lowest BCUT2D eigenvalue weighted by Crippen LogP contribution is -2.00. The number of rotatable bonds is 3. The number of benzene rings is 1. The van der Waals surface area contributed by atoms with E-state index in [4.69, 9.17) is 11.0 Å². The minimum atomic E-state index is 0.491. The van der Waals surface area contributed by atoms with Gasteiger partial charge in [0, 0.05) is 22.4 Å². The van der Waals surface area contributed by atoms with E-state index in [1.807, 2.05) is 18.4 Å². The van der Waals surface area contributed by atoms with Gasteiger partial charge >= 0.3 is 0 Å². The quantitative estimate of drug-likeness (QED) is 0.813. The number of hydrogen-bond donors (Lipinski definition) is 2. The highest BCUT2D eigenvalue weighted by molar-refractivity contribution is 7.09. The van der Waals surface area contributed by atoms with E-state index in [-0.39, 0.29) is 0 Å². The van der Waals surface area contributed by atoms with Gasteiger partial charge in [-0.25, -0.2) is 4.98 Å². The van der Waals surface area contributed by atoms with Gasteiger partial charge in [0.15, 0.2) is 0 Å². The molecule has 5 heteroatoms. The molecule has 0 amide bonds. The van der Waals surface area contributed by atoms with Crippen molar-refractivity contribution in [2.75, 3.05) is 11.1 Å². The average Bonchev–Trinajstić information content (AvgIpc) is 2.74. The van der Waals surface area contributed by atoms with Crippen molar-refractivity contribution in [2.24, 2.45) is 0 Å². The van der Waals surface area contributed by atoms with Crippen LogP contribution < -0.4 is 11.1 Å². The Morgan fingerprint density at radius 2 is 2.35 bits per heavy atom. The number of aryl methyl sites for hydroxylation is 1. The first-order valence-corrected chi connectivity index (χ1v) is 6.01. The van der Waals surface area contributed by atoms with Crippen LogP contribution in [0.25, 0.3) is 0 Å². The van der Waals surface area contributed by atoms with Crippen LogP contribution >= 0.6 is 11.3 Å². The molecule has 1 heterocycles. The van der Waals surface area contributed by atoms with Crippen LogP contribution in [0, 0.1) is 18.3 Å². The van der Waals surface area contributed by atoms with Gasteiger partial charge in [-0.15, -0.1) is 11.3 Å². The monoisotopic (exact) mass is 244 g/mol. The van der Waals surface area contributed by atoms with Crippen molar-refractivity contribution in [1.29, 1.82) is 5.26 Å². The van der Waals surface area contributed by atoms with Crippen LogP contribution in [0.2, 0.25) is 0 Å². The molecule has 0 radical (unpaired) electrons. The number of anilines is 2. The van der Waals surface area contributed by atoms with Gasteiger partial charge in [-0.2, -0.15) is 5.26 Å². The van der Waals surface area contributed by atoms with Crippen LogP contribution in [0.3, 0.4) is 0 Å². The van der Waals surface area contributed by atoms with Crippen molar-refractivity contribution in [3.05, 3.63) is 39.8 Å². The highest BCUT2D eigenvalue weighted by atomic mass is 32.1. The SMILES string of the molecule is Cc1csc(CNc2ccc(N)c(C#N)c2)n1. The molecule has 1 aromatic carbocycles. The second kappa shape index (κ2) is 4.85. The third kappa shape index (κ3) is 2.74. The standard InChI is InChI=1S/C12H12N4S/c1-8-7-17-12(16-8)6-15-10-2-3-11(14)9(4-10)5-13/h2-4,7,15H,6,14H2,1H3. The largest absolute Gasteiger partial charge is 0.398 e. The summed E-state index contributed by atoms with van der Waals surface area (Å²) in [6.07, 6.45) is 0. The summed E-state index contributed by atoms with van der Waals surface area (Å²) in [6.45, 7) is 2.63. The average molecular weight is 244 g/mol. The third-order valence-corrected chi connectivity index (χ3v) is 3.25. The molecule has 0 aliphatic heterocycles. The first-order valence-electron chi connectivity index (χ1n) is 5.13. The van der Waals surface area contributed by atoms with Crippen LogP contribution in [0.1, 0.15) is 16.3 Å². The Bertz CT molecular complexity index is 568. The van der Waals surface area contributed by atoms with E-state index >= 15 is 0 Å². The molecule has 0 fully saturated rings. The van der Waals surface area contributed by atoms with E-state index in [0.717, 1.165) is 16.4 Å². The summed E-state index contributed by atoms with van der Waals surface area (Å²) in [7, 11) is 0. The molecular weight excluding hydrogens is 232 g/mol. The van der Waals surface area contributed by atoms with Gasteiger partial charge < -0.3 is 11.1 Å². The molecular formula is C12H12N4S. The van der Waals surface area contributed by atoms with E-state index in [9.17, 15) is 0 Å². The lowest BCUT2D eigenvalue weighted by atomic mass is 10.2. The maximum atomic E-state index is 8.86. The number of nitrogens with two attached hydrogens (primary N) is 1. The third-order valence-electron chi connectivity index (χ3n) is 2.28. The summed E-state index contributed by atoms with van der Waals surface area (Å²) in [6, 6.07) is 7.39. The lowest BCUT2D eigenvalue weighted by Gasteiger charge is -2.05. The second-order valence-electron chi connectivity index (χ2n) is 3.65. The number of nitrogen functional groups attached to an aromatic ring is 1. The number of thiazole rings is 1. The van der Waals surface area contributed by atoms with E-state index in [0.29, 0.717) is 17.8 Å². The van der Waals surface area contributed by atoms with Crippen molar-refractivity contribution in [3.8, 4) is 6.07 Å². The maximum Gasteiger partial charge on any atom is 0.112 e. The fraction of sp³-hybridized carbons (Fsp3) is 0.167. The Morgan fingerprint density at radius 3 is 3.00 bits per heavy atom. The Labute approximate surface area is 104 Å². The summed E-state index contributed by atoms with van der Waals surface area (Å²) < 4.78 is 0. The van der Waals surface area contributed by atoms with Crippen LogP contribution in [0.15, 0.2) is 23.6 Å². The zero-order chi connectivity index (χ0) is 12.3. The number of hydrogen-bond acceptors (Lipinski definition) is 5. The molecule has 3 N–H and O–H groups in total. The Morgan fingerprint density at radius 1 is 1.53 bits per heavy atom. The summed E-state index contributed by atoms with van der Waals surface area (Å²) in [4.78, 5) is 4.35. The number of aromatic nitrogens is 1. The Hall–Kier alpha value is -2.06. The molecule has 0 bridgehead atoms. The molecule has 0 aliphatic carbocycles. The van der Waals surface area contributed by atoms with Crippen molar-refractivity contribution in [3.63, 3.8) is 0 Å². The zero-order valence-electron chi connectivity index (χ0n) is 9.40. The molecule has 0 aliphatic rings. The normalized spacial score (nSPS) is 9.88. The minimum absolute atomic E-state index is 0.491. The van der Waals surface area contributed by atoms with Gasteiger partial charge in [0.1, 0.15) is 11.1 Å². The smallest absolute Gasteiger partial charge is 0.112 e. The summed E-state index contributed by atoms with van der Waals surface area (Å²) in [5, 5.41) is 15.1. The molecule has 2 aromatic rings. The highest BCUT2D eigenvalue weighted by Gasteiger charge is 2.01. The van der Waals surface area contributed by atoms with E-state index in [2.05, 4.69) is 16.4 Å². The molecule has 2 rings (SSSR count). The van der Waals surface area contributed by atoms with Gasteiger partial charge in [-0.1, -0.05) is 0 Å². The number of nitrogens with one attached hydrogen (secondary N) is 1. The maximum absolute atomic E-state index is 8.86. The molecule has 4 nitrogen and oxygen atoms in total. The minimum Gasteiger partial charge on any atom is -0.398 e. The summed E-state index contributed by atoms with van der Waals surface area (Å²) in [5.41, 5.74) is 8.55. The van der Waals surface area contributed by atoms with Gasteiger partial charge in [0.25, 0.3) is 0 Å². The van der Waals surface area contributed by atoms with Crippen LogP contribution in [0.5, 0.6) is 0 Å². The molecule has 0 unspecified atom stereocenters. The van der Waals surface area contributed by atoms with Gasteiger partial charge in [-0.05, 0) is 25.1 Å². The Kier molecular flexibility index (Phi) is 3.26. The van der Waals surface area contributed by atoms with Gasteiger partial charge in [0.05, 0.1) is 12.1 Å². The van der Waals surface area contributed by atoms with Crippen molar-refractivity contribution in [2.45, 2.75) is 13.5 Å². The van der Waals surface area contributed by atoms with E-state index in [1.54, 1.807) is 23.5 Å². The predicted octanol–water partition coefficient (Wildman–Crippen LogP) is 2.52. The van der Waals surface area contributed by atoms with Crippen LogP contribution in [0.4, 0.5) is 11.4 Å². The van der Waals surface area contributed by atoms with E-state index < -0.39 is 0 Å². The first kappa shape index (κ1) is 11.4. The van der Waals surface area contributed by atoms with Crippen LogP contribution in [-0.2, 0) is 6.54 Å². The lowest BCUT2D eigenvalue weighted by molar-refractivity contribution is 1.08. The number of nitrogens with zero attached hydrogens (tertiary/aromatic N) is 2. The molecule has 0 saturated heterocycles.